The number of ether oxygens (including phenoxy) is 2. The van der Waals surface area contributed by atoms with Crippen LogP contribution in [0.5, 0.6) is 5.75 Å². The van der Waals surface area contributed by atoms with Gasteiger partial charge in [0, 0.05) is 4.47 Å². The molecule has 2 rings (SSSR count). The molecule has 0 N–H and O–H groups in total. The topological polar surface area (TPSA) is 35.5 Å². The second-order valence-corrected chi connectivity index (χ2v) is 6.53. The highest BCUT2D eigenvalue weighted by molar-refractivity contribution is 14.1. The van der Waals surface area contributed by atoms with Gasteiger partial charge in [-0.2, -0.15) is 0 Å². The van der Waals surface area contributed by atoms with Crippen LogP contribution in [0.3, 0.4) is 0 Å². The maximum absolute atomic E-state index is 11.8. The van der Waals surface area contributed by atoms with Gasteiger partial charge >= 0.3 is 5.97 Å². The van der Waals surface area contributed by atoms with Crippen LogP contribution in [0.1, 0.15) is 15.9 Å². The summed E-state index contributed by atoms with van der Waals surface area (Å²) < 4.78 is 12.7. The summed E-state index contributed by atoms with van der Waals surface area (Å²) in [6.45, 7) is 4.19. The van der Waals surface area contributed by atoms with E-state index < -0.39 is 0 Å². The first-order chi connectivity index (χ1) is 10.6. The van der Waals surface area contributed by atoms with E-state index in [9.17, 15) is 4.79 Å². The third-order valence-corrected chi connectivity index (χ3v) is 4.12. The summed E-state index contributed by atoms with van der Waals surface area (Å²) >= 11 is 5.58. The summed E-state index contributed by atoms with van der Waals surface area (Å²) in [6, 6.07) is 13.2. The Hall–Kier alpha value is -1.34. The third-order valence-electron chi connectivity index (χ3n) is 2.78. The lowest BCUT2D eigenvalue weighted by Crippen LogP contribution is -2.06. The Labute approximate surface area is 151 Å². The molecule has 0 saturated carbocycles. The SMILES string of the molecule is C=CCOC(=O)c1ccc(OCc2cccc(Br)c2)c(I)c1. The van der Waals surface area contributed by atoms with Crippen molar-refractivity contribution in [3.63, 3.8) is 0 Å². The minimum Gasteiger partial charge on any atom is -0.488 e. The highest BCUT2D eigenvalue weighted by Crippen LogP contribution is 2.24. The standard InChI is InChI=1S/C17H14BrIO3/c1-2-8-21-17(20)13-6-7-16(15(19)10-13)22-11-12-4-3-5-14(18)9-12/h2-7,9-10H,1,8,11H2. The molecule has 0 atom stereocenters. The number of benzene rings is 2. The van der Waals surface area contributed by atoms with Crippen molar-refractivity contribution in [1.29, 1.82) is 0 Å². The van der Waals surface area contributed by atoms with Crippen LogP contribution in [0.15, 0.2) is 59.6 Å². The van der Waals surface area contributed by atoms with Gasteiger partial charge in [0.1, 0.15) is 19.0 Å². The summed E-state index contributed by atoms with van der Waals surface area (Å²) in [4.78, 5) is 11.8. The lowest BCUT2D eigenvalue weighted by Gasteiger charge is -2.10. The number of carbonyl (C=O) groups is 1. The van der Waals surface area contributed by atoms with Crippen LogP contribution in [0.2, 0.25) is 0 Å². The van der Waals surface area contributed by atoms with Gasteiger partial charge in [-0.05, 0) is 58.5 Å². The molecule has 114 valence electrons. The molecule has 22 heavy (non-hydrogen) atoms. The lowest BCUT2D eigenvalue weighted by molar-refractivity contribution is 0.0549. The first-order valence-electron chi connectivity index (χ1n) is 6.55. The van der Waals surface area contributed by atoms with Gasteiger partial charge in [0.15, 0.2) is 0 Å². The molecule has 0 spiro atoms. The summed E-state index contributed by atoms with van der Waals surface area (Å²) in [6.07, 6.45) is 1.54. The molecular weight excluding hydrogens is 459 g/mol. The number of hydrogen-bond donors (Lipinski definition) is 0. The highest BCUT2D eigenvalue weighted by atomic mass is 127. The number of carbonyl (C=O) groups excluding carboxylic acids is 1. The molecule has 0 aliphatic rings. The van der Waals surface area contributed by atoms with E-state index in [0.29, 0.717) is 12.2 Å². The average Bonchev–Trinajstić information content (AvgIpc) is 2.51. The number of hydrogen-bond acceptors (Lipinski definition) is 3. The smallest absolute Gasteiger partial charge is 0.338 e. The molecule has 2 aromatic rings. The van der Waals surface area contributed by atoms with Gasteiger partial charge in [-0.1, -0.05) is 40.7 Å². The van der Waals surface area contributed by atoms with Crippen LogP contribution in [0.25, 0.3) is 0 Å². The van der Waals surface area contributed by atoms with Gasteiger partial charge in [-0.3, -0.25) is 0 Å². The van der Waals surface area contributed by atoms with Crippen LogP contribution >= 0.6 is 38.5 Å². The van der Waals surface area contributed by atoms with E-state index >= 15 is 0 Å². The first-order valence-corrected chi connectivity index (χ1v) is 8.42. The molecular formula is C17H14BrIO3. The molecule has 0 aliphatic heterocycles. The van der Waals surface area contributed by atoms with Crippen LogP contribution < -0.4 is 4.74 Å². The Morgan fingerprint density at radius 3 is 2.77 bits per heavy atom. The molecule has 0 aliphatic carbocycles. The van der Waals surface area contributed by atoms with Crippen molar-refractivity contribution < 1.29 is 14.3 Å². The van der Waals surface area contributed by atoms with Crippen LogP contribution in [0, 0.1) is 3.57 Å². The van der Waals surface area contributed by atoms with Crippen LogP contribution in [-0.2, 0) is 11.3 Å². The van der Waals surface area contributed by atoms with E-state index in [1.54, 1.807) is 24.3 Å². The number of halogens is 2. The molecule has 3 nitrogen and oxygen atoms in total. The fourth-order valence-corrected chi connectivity index (χ4v) is 2.87. The number of rotatable bonds is 6. The van der Waals surface area contributed by atoms with Gasteiger partial charge < -0.3 is 9.47 Å². The fourth-order valence-electron chi connectivity index (χ4n) is 1.75. The lowest BCUT2D eigenvalue weighted by atomic mass is 10.2. The van der Waals surface area contributed by atoms with Gasteiger partial charge in [-0.15, -0.1) is 0 Å². The number of esters is 1. The second kappa shape index (κ2) is 8.33. The zero-order valence-corrected chi connectivity index (χ0v) is 15.5. The molecule has 0 radical (unpaired) electrons. The molecule has 0 fully saturated rings. The first kappa shape index (κ1) is 17.0. The largest absolute Gasteiger partial charge is 0.488 e. The Balaban J connectivity index is 2.03. The van der Waals surface area contributed by atoms with E-state index in [0.717, 1.165) is 19.4 Å². The van der Waals surface area contributed by atoms with Crippen molar-refractivity contribution in [3.8, 4) is 5.75 Å². The molecule has 5 heteroatoms. The molecule has 0 heterocycles. The van der Waals surface area contributed by atoms with Gasteiger partial charge in [0.05, 0.1) is 9.13 Å². The monoisotopic (exact) mass is 472 g/mol. The summed E-state index contributed by atoms with van der Waals surface area (Å²) in [7, 11) is 0. The Bertz CT molecular complexity index is 685. The molecule has 0 bridgehead atoms. The van der Waals surface area contributed by atoms with Crippen molar-refractivity contribution in [2.75, 3.05) is 6.61 Å². The van der Waals surface area contributed by atoms with E-state index in [-0.39, 0.29) is 12.6 Å². The van der Waals surface area contributed by atoms with Gasteiger partial charge in [-0.25, -0.2) is 4.79 Å². The zero-order chi connectivity index (χ0) is 15.9. The highest BCUT2D eigenvalue weighted by Gasteiger charge is 2.10. The van der Waals surface area contributed by atoms with Gasteiger partial charge in [0.2, 0.25) is 0 Å². The van der Waals surface area contributed by atoms with Crippen LogP contribution in [-0.4, -0.2) is 12.6 Å². The van der Waals surface area contributed by atoms with Crippen molar-refractivity contribution in [2.45, 2.75) is 6.61 Å². The minimum absolute atomic E-state index is 0.205. The molecule has 0 amide bonds. The van der Waals surface area contributed by atoms with Crippen LogP contribution in [0.4, 0.5) is 0 Å². The molecule has 0 unspecified atom stereocenters. The Morgan fingerprint density at radius 1 is 1.27 bits per heavy atom. The predicted molar refractivity (Wildman–Crippen MR) is 98.1 cm³/mol. The van der Waals surface area contributed by atoms with E-state index in [1.807, 2.05) is 24.3 Å². The zero-order valence-electron chi connectivity index (χ0n) is 11.7. The quantitative estimate of drug-likeness (QED) is 0.338. The summed E-state index contributed by atoms with van der Waals surface area (Å²) in [5, 5.41) is 0. The summed E-state index contributed by atoms with van der Waals surface area (Å²) in [5.74, 6) is 0.372. The average molecular weight is 473 g/mol. The third kappa shape index (κ3) is 4.84. The van der Waals surface area contributed by atoms with Crippen molar-refractivity contribution in [3.05, 3.63) is 74.3 Å². The maximum atomic E-state index is 11.8. The van der Waals surface area contributed by atoms with E-state index in [2.05, 4.69) is 45.1 Å². The van der Waals surface area contributed by atoms with E-state index in [4.69, 9.17) is 9.47 Å². The molecule has 0 aromatic heterocycles. The second-order valence-electron chi connectivity index (χ2n) is 4.45. The normalized spacial score (nSPS) is 10.1. The van der Waals surface area contributed by atoms with Crippen molar-refractivity contribution in [2.24, 2.45) is 0 Å². The maximum Gasteiger partial charge on any atom is 0.338 e. The van der Waals surface area contributed by atoms with Crippen molar-refractivity contribution in [1.82, 2.24) is 0 Å². The molecule has 0 saturated heterocycles. The Morgan fingerprint density at radius 2 is 2.09 bits per heavy atom. The predicted octanol–water partition coefficient (Wildman–Crippen LogP) is 4.98. The fraction of sp³-hybridized carbons (Fsp3) is 0.118. The summed E-state index contributed by atoms with van der Waals surface area (Å²) in [5.41, 5.74) is 1.57. The van der Waals surface area contributed by atoms with Crippen molar-refractivity contribution >= 4 is 44.5 Å². The molecule has 2 aromatic carbocycles. The van der Waals surface area contributed by atoms with E-state index in [1.165, 1.54) is 0 Å². The van der Waals surface area contributed by atoms with Gasteiger partial charge in [0.25, 0.3) is 0 Å². The Kier molecular flexibility index (Phi) is 6.45. The minimum atomic E-state index is -0.364.